The number of nitrogen functional groups attached to an aromatic ring is 1. The topological polar surface area (TPSA) is 570 Å². The van der Waals surface area contributed by atoms with Gasteiger partial charge in [0.1, 0.15) is 59.2 Å². The second kappa shape index (κ2) is 49.7. The number of hydrogen-bond donors (Lipinski definition) is 8. The van der Waals surface area contributed by atoms with Crippen LogP contribution in [0.2, 0.25) is 0 Å². The van der Waals surface area contributed by atoms with Gasteiger partial charge in [0.2, 0.25) is 5.88 Å². The Labute approximate surface area is 798 Å². The SMILES string of the molecule is C.C=C1NC(=O)C=CN1[C@@H]1O[C@H](COP(C)(=O)N[C@@H](C)C(=O)OC(C)C)C(C)(COP(C)(=O)N[C@@H](C)C(=O)OC(C)C)[C@@H]1F.COc1nc(C)nc2c1ncn2[C@@H]1O[C@H](COP(C)(=O)N[C@@H](C)C(=O)OC(C)C)C(C)(COP(C)(=O)N[C@@H](C)C(=O)OC(C)C)[C@H]1F.Cc1nc(N)c2ncn([C@@H]3O[C@H](COP(C)(=O)N[C@@H](C)C(=O)OC(C)C)C(C)(COP(C)(=O)N[C@@H](C)C(=O)OC(C)C)[C@H]3F)c2n1. The number of esters is 6. The lowest BCUT2D eigenvalue weighted by atomic mass is 9.82. The molecule has 0 aliphatic carbocycles. The van der Waals surface area contributed by atoms with E-state index < -0.39 is 234 Å². The van der Waals surface area contributed by atoms with Crippen molar-refractivity contribution in [3.05, 3.63) is 49.0 Å². The Kier molecular flexibility index (Phi) is 43.6. The van der Waals surface area contributed by atoms with Crippen LogP contribution in [0.3, 0.4) is 0 Å². The van der Waals surface area contributed by atoms with Gasteiger partial charge < -0.3 is 90.5 Å². The maximum Gasteiger partial charge on any atom is 0.323 e. The molecule has 0 spiro atoms. The van der Waals surface area contributed by atoms with Gasteiger partial charge in [0.05, 0.1) is 131 Å². The summed E-state index contributed by atoms with van der Waals surface area (Å²) in [7, 11) is -20.7. The number of carbonyl (C=O) groups is 7. The number of nitrogens with one attached hydrogen (secondary N) is 7. The molecule has 0 saturated carbocycles. The van der Waals surface area contributed by atoms with E-state index in [9.17, 15) is 61.0 Å². The number of rotatable bonds is 46. The summed E-state index contributed by atoms with van der Waals surface area (Å²) >= 11 is 0. The number of halogens is 3. The second-order valence-electron chi connectivity index (χ2n) is 36.3. The highest BCUT2D eigenvalue weighted by molar-refractivity contribution is 7.57. The smallest absolute Gasteiger partial charge is 0.323 e. The average Bonchev–Trinajstić information content (AvgIpc) is 1.59. The predicted molar refractivity (Wildman–Crippen MR) is 501 cm³/mol. The number of methoxy groups -OCH3 is 1. The minimum atomic E-state index is -3.71. The molecule has 55 heteroatoms. The molecular formula is C82H142F3N17O29P6. The van der Waals surface area contributed by atoms with Crippen LogP contribution in [0.1, 0.15) is 177 Å². The van der Waals surface area contributed by atoms with E-state index in [2.05, 4.69) is 72.3 Å². The van der Waals surface area contributed by atoms with Gasteiger partial charge in [0, 0.05) is 52.3 Å². The van der Waals surface area contributed by atoms with E-state index in [0.29, 0.717) is 11.6 Å². The van der Waals surface area contributed by atoms with Gasteiger partial charge in [-0.25, -0.2) is 68.6 Å². The van der Waals surface area contributed by atoms with Gasteiger partial charge in [0.25, 0.3) is 51.0 Å². The number of imidazole rings is 2. The van der Waals surface area contributed by atoms with Crippen LogP contribution in [0.5, 0.6) is 5.88 Å². The first-order valence-corrected chi connectivity index (χ1v) is 56.2. The molecule has 3 fully saturated rings. The van der Waals surface area contributed by atoms with Crippen molar-refractivity contribution in [2.45, 2.75) is 295 Å². The van der Waals surface area contributed by atoms with E-state index in [1.807, 2.05) is 0 Å². The summed E-state index contributed by atoms with van der Waals surface area (Å²) < 4.78 is 221. The molecule has 8 heterocycles. The number of anilines is 1. The van der Waals surface area contributed by atoms with Crippen molar-refractivity contribution >= 4 is 115 Å². The molecule has 9 N–H and O–H groups in total. The lowest BCUT2D eigenvalue weighted by Gasteiger charge is -2.34. The molecule has 3 saturated heterocycles. The predicted octanol–water partition coefficient (Wildman–Crippen LogP) is 11.1. The van der Waals surface area contributed by atoms with Crippen molar-refractivity contribution in [1.82, 2.24) is 79.8 Å². The summed E-state index contributed by atoms with van der Waals surface area (Å²) in [6.07, 6.45) is -9.98. The summed E-state index contributed by atoms with van der Waals surface area (Å²) in [6.45, 7) is 45.4. The van der Waals surface area contributed by atoms with Gasteiger partial charge in [-0.1, -0.05) is 34.8 Å². The fraction of sp³-hybridized carbons (Fsp3) is 0.744. The Morgan fingerprint density at radius 1 is 0.445 bits per heavy atom. The van der Waals surface area contributed by atoms with Gasteiger partial charge >= 0.3 is 35.8 Å². The Morgan fingerprint density at radius 3 is 0.978 bits per heavy atom. The van der Waals surface area contributed by atoms with Crippen LogP contribution < -0.4 is 46.3 Å². The van der Waals surface area contributed by atoms with Gasteiger partial charge in [-0.05, 0) is 138 Å². The highest BCUT2D eigenvalue weighted by Crippen LogP contribution is 2.56. The van der Waals surface area contributed by atoms with Crippen molar-refractivity contribution in [3.8, 4) is 5.88 Å². The molecule has 1 amide bonds. The molecule has 4 aromatic heterocycles. The van der Waals surface area contributed by atoms with E-state index in [0.717, 1.165) is 0 Å². The Morgan fingerprint density at radius 2 is 0.701 bits per heavy atom. The zero-order chi connectivity index (χ0) is 103. The number of fused-ring (bicyclic) bond motifs is 2. The van der Waals surface area contributed by atoms with Crippen LogP contribution in [0, 0.1) is 30.1 Å². The third-order valence-corrected chi connectivity index (χ3v) is 29.8. The molecule has 8 rings (SSSR count). The molecule has 137 heavy (non-hydrogen) atoms. The summed E-state index contributed by atoms with van der Waals surface area (Å²) in [5.74, 6) is -3.19. The number of ether oxygens (including phenoxy) is 10. The summed E-state index contributed by atoms with van der Waals surface area (Å²) in [5.41, 5.74) is 2.35. The number of carbonyl (C=O) groups excluding carboxylic acids is 7. The molecule has 4 aromatic rings. The summed E-state index contributed by atoms with van der Waals surface area (Å²) in [4.78, 5) is 112. The van der Waals surface area contributed by atoms with E-state index in [1.54, 1.807) is 96.9 Å². The van der Waals surface area contributed by atoms with Crippen LogP contribution in [0.4, 0.5) is 19.0 Å². The van der Waals surface area contributed by atoms with Gasteiger partial charge in [-0.2, -0.15) is 4.98 Å². The molecule has 0 bridgehead atoms. The number of aromatic nitrogens is 8. The van der Waals surface area contributed by atoms with E-state index in [-0.39, 0.29) is 83.9 Å². The summed E-state index contributed by atoms with van der Waals surface area (Å²) in [5, 5.41) is 18.2. The van der Waals surface area contributed by atoms with Crippen molar-refractivity contribution in [3.63, 3.8) is 0 Å². The van der Waals surface area contributed by atoms with Crippen molar-refractivity contribution in [2.24, 2.45) is 16.2 Å². The molecule has 24 atom stereocenters. The van der Waals surface area contributed by atoms with Gasteiger partial charge in [-0.15, -0.1) is 0 Å². The molecule has 46 nitrogen and oxygen atoms in total. The van der Waals surface area contributed by atoms with Crippen LogP contribution in [-0.2, 0) is 131 Å². The second-order valence-corrected chi connectivity index (χ2v) is 49.6. The fourth-order valence-electron chi connectivity index (χ4n) is 13.9. The molecule has 780 valence electrons. The first-order chi connectivity index (χ1) is 62.5. The first kappa shape index (κ1) is 120. The van der Waals surface area contributed by atoms with Gasteiger partial charge in [-0.3, -0.25) is 70.1 Å². The Bertz CT molecular complexity index is 5200. The largest absolute Gasteiger partial charge is 0.479 e. The lowest BCUT2D eigenvalue weighted by Crippen LogP contribution is -2.47. The monoisotopic (exact) mass is 2070 g/mol. The highest BCUT2D eigenvalue weighted by Gasteiger charge is 2.61. The molecule has 4 aliphatic rings. The number of hydrogen-bond acceptors (Lipinski definition) is 37. The van der Waals surface area contributed by atoms with Crippen molar-refractivity contribution < 1.29 is 149 Å². The Hall–Kier alpha value is -7.16. The first-order valence-electron chi connectivity index (χ1n) is 43.8. The van der Waals surface area contributed by atoms with Crippen LogP contribution >= 0.6 is 45.1 Å². The van der Waals surface area contributed by atoms with Crippen molar-refractivity contribution in [1.29, 1.82) is 0 Å². The van der Waals surface area contributed by atoms with Crippen LogP contribution in [0.25, 0.3) is 22.3 Å². The fourth-order valence-corrected chi connectivity index (χ4v) is 22.0. The van der Waals surface area contributed by atoms with Crippen molar-refractivity contribution in [2.75, 3.05) is 92.5 Å². The Balaban J connectivity index is 0.000000362. The molecule has 4 aliphatic heterocycles. The number of alkyl halides is 3. The zero-order valence-corrected chi connectivity index (χ0v) is 88.0. The number of nitrogens with zero attached hydrogens (tertiary/aromatic N) is 9. The lowest BCUT2D eigenvalue weighted by molar-refractivity contribution is -0.149. The molecule has 0 radical (unpaired) electrons. The van der Waals surface area contributed by atoms with E-state index >= 15 is 13.2 Å². The van der Waals surface area contributed by atoms with Crippen LogP contribution in [0.15, 0.2) is 37.3 Å². The number of amides is 1. The third kappa shape index (κ3) is 34.0. The normalized spacial score (nSPS) is 26.2. The maximum atomic E-state index is 16.7. The highest BCUT2D eigenvalue weighted by atomic mass is 31.2. The van der Waals surface area contributed by atoms with E-state index in [1.165, 1.54) is 148 Å². The summed E-state index contributed by atoms with van der Waals surface area (Å²) in [6, 6.07) is -5.84. The molecular weight excluding hydrogens is 1930 g/mol. The minimum Gasteiger partial charge on any atom is -0.479 e. The third-order valence-electron chi connectivity index (χ3n) is 20.9. The average molecular weight is 2070 g/mol. The molecule has 9 unspecified atom stereocenters. The minimum absolute atomic E-state index is 0. The van der Waals surface area contributed by atoms with Crippen LogP contribution in [-0.4, -0.2) is 288 Å². The zero-order valence-electron chi connectivity index (χ0n) is 82.6. The number of aryl methyl sites for hydroxylation is 2. The van der Waals surface area contributed by atoms with E-state index in [4.69, 9.17) is 80.2 Å². The number of nitrogens with two attached hydrogens (primary N) is 1. The van der Waals surface area contributed by atoms with Gasteiger partial charge in [0.15, 0.2) is 59.8 Å². The molecule has 0 aromatic carbocycles. The maximum absolute atomic E-state index is 16.7. The standard InChI is InChI=1S/C28H47FN6O10P2.C27H46FN7O9P2.C26H45FN4O10P2.CH4/c1-15(2)43-26(36)17(5)33-46(10,38)41-12-20-28(8,13-42-47(11,39)34-18(6)27(37)44-16(3)4)22(29)25(45-20)35-14-30-21-23(35)31-19(7)32-24(21)40-9;1-14(2)42-25(36)16(5)33-45(9,38)40-11-19-27(8,12-41-46(10,39)34-17(6)26(37)43-15(3)4)21(28)24(44-19)35-13-30-20-22(29)31-18(7)32-23(20)35;1-15(2)39-24(33)17(5)29-42(9,35)37-13-20-26(8,14-38-43(10,36)30-18(6)25(34)40-16(3)4)22(27)23(41-20)31-12-11-21(32)28-19(31)7;/h14-18,20,22,25H,12-13H2,1-11H3,(H,33,38)(H,34,39);13-17,19,21,24H,11-12H2,1-10H3,(H,33,38)(H,34,39)(H2,29,31,32);11-12,15-18,20,22-23H,7,13-14H2,1-6,8-10H3,(H,28,32)(H,29,35)(H,30,36);1H4/t17-,18-,20+,22-,25+,28?,46?,47?;16-,17-,19+,21-,24+,27?,45?,46?;17-,18-,20+,22+,23+,26?,42?,43?;/m000./s1. The quantitative estimate of drug-likeness (QED) is 0.0116.